The van der Waals surface area contributed by atoms with E-state index in [1.807, 2.05) is 31.1 Å². The lowest BCUT2D eigenvalue weighted by Gasteiger charge is -2.36. The summed E-state index contributed by atoms with van der Waals surface area (Å²) in [5.41, 5.74) is 1.00. The van der Waals surface area contributed by atoms with E-state index in [-0.39, 0.29) is 18.2 Å². The molecule has 0 radical (unpaired) electrons. The molecular formula is C18H25N7O2. The van der Waals surface area contributed by atoms with Crippen molar-refractivity contribution in [2.24, 2.45) is 7.05 Å². The molecule has 0 spiro atoms. The summed E-state index contributed by atoms with van der Waals surface area (Å²) in [4.78, 5) is 25.4. The van der Waals surface area contributed by atoms with Crippen molar-refractivity contribution in [2.45, 2.75) is 25.5 Å². The lowest BCUT2D eigenvalue weighted by molar-refractivity contribution is 0.0978. The molecule has 9 nitrogen and oxygen atoms in total. The number of rotatable bonds is 3. The first kappa shape index (κ1) is 17.7. The van der Waals surface area contributed by atoms with Gasteiger partial charge in [-0.25, -0.2) is 14.8 Å². The van der Waals surface area contributed by atoms with E-state index in [0.29, 0.717) is 19.7 Å². The molecule has 0 unspecified atom stereocenters. The van der Waals surface area contributed by atoms with Crippen LogP contribution in [0.15, 0.2) is 24.7 Å². The summed E-state index contributed by atoms with van der Waals surface area (Å²) in [7, 11) is 1.88. The van der Waals surface area contributed by atoms with E-state index in [9.17, 15) is 4.79 Å². The van der Waals surface area contributed by atoms with Gasteiger partial charge in [-0.3, -0.25) is 4.68 Å². The summed E-state index contributed by atoms with van der Waals surface area (Å²) >= 11 is 0. The van der Waals surface area contributed by atoms with E-state index in [1.54, 1.807) is 17.1 Å². The fraction of sp³-hybridized carbons (Fsp3) is 0.556. The Morgan fingerprint density at radius 3 is 2.81 bits per heavy atom. The normalized spacial score (nSPS) is 22.9. The molecule has 1 N–H and O–H groups in total. The van der Waals surface area contributed by atoms with Gasteiger partial charge in [-0.05, 0) is 19.4 Å². The number of nitrogens with one attached hydrogen (secondary N) is 1. The number of urea groups is 1. The molecular weight excluding hydrogens is 346 g/mol. The summed E-state index contributed by atoms with van der Waals surface area (Å²) in [5, 5.41) is 7.36. The van der Waals surface area contributed by atoms with Gasteiger partial charge in [0.25, 0.3) is 0 Å². The maximum absolute atomic E-state index is 12.7. The average molecular weight is 371 g/mol. The number of anilines is 1. The van der Waals surface area contributed by atoms with Crippen molar-refractivity contribution in [3.05, 3.63) is 36.0 Å². The number of piperazine rings is 1. The highest BCUT2D eigenvalue weighted by molar-refractivity contribution is 5.75. The van der Waals surface area contributed by atoms with Gasteiger partial charge >= 0.3 is 6.03 Å². The van der Waals surface area contributed by atoms with E-state index < -0.39 is 0 Å². The van der Waals surface area contributed by atoms with Crippen LogP contribution in [0.1, 0.15) is 23.9 Å². The van der Waals surface area contributed by atoms with E-state index in [0.717, 1.165) is 36.7 Å². The van der Waals surface area contributed by atoms with Crippen LogP contribution in [-0.4, -0.2) is 69.5 Å². The second kappa shape index (κ2) is 7.51. The third-order valence-electron chi connectivity index (χ3n) is 5.11. The average Bonchev–Trinajstić information content (AvgIpc) is 3.30. The van der Waals surface area contributed by atoms with Crippen molar-refractivity contribution in [2.75, 3.05) is 37.7 Å². The molecule has 2 aromatic heterocycles. The lowest BCUT2D eigenvalue weighted by atomic mass is 10.1. The Balaban J connectivity index is 1.33. The smallest absolute Gasteiger partial charge is 0.317 e. The van der Waals surface area contributed by atoms with Gasteiger partial charge in [0.1, 0.15) is 17.7 Å². The monoisotopic (exact) mass is 371 g/mol. The Kier molecular flexibility index (Phi) is 4.93. The topological polar surface area (TPSA) is 88.4 Å². The molecule has 4 heterocycles. The van der Waals surface area contributed by atoms with Crippen LogP contribution in [0, 0.1) is 6.92 Å². The molecule has 9 heteroatoms. The highest BCUT2D eigenvalue weighted by atomic mass is 16.5. The molecule has 0 bridgehead atoms. The van der Waals surface area contributed by atoms with Crippen LogP contribution in [0.4, 0.5) is 10.6 Å². The Morgan fingerprint density at radius 1 is 1.30 bits per heavy atom. The molecule has 4 rings (SSSR count). The van der Waals surface area contributed by atoms with E-state index in [4.69, 9.17) is 4.74 Å². The summed E-state index contributed by atoms with van der Waals surface area (Å²) in [6.45, 7) is 5.38. The molecule has 0 aliphatic carbocycles. The molecule has 144 valence electrons. The molecule has 2 atom stereocenters. The third-order valence-corrected chi connectivity index (χ3v) is 5.11. The second-order valence-corrected chi connectivity index (χ2v) is 7.02. The Labute approximate surface area is 158 Å². The lowest BCUT2D eigenvalue weighted by Crippen LogP contribution is -2.54. The van der Waals surface area contributed by atoms with Crippen molar-refractivity contribution in [3.8, 4) is 0 Å². The van der Waals surface area contributed by atoms with Gasteiger partial charge in [0, 0.05) is 57.8 Å². The van der Waals surface area contributed by atoms with Crippen molar-refractivity contribution in [3.63, 3.8) is 0 Å². The molecule has 2 saturated heterocycles. The fourth-order valence-electron chi connectivity index (χ4n) is 3.66. The highest BCUT2D eigenvalue weighted by Crippen LogP contribution is 2.29. The molecule has 0 aromatic carbocycles. The summed E-state index contributed by atoms with van der Waals surface area (Å²) in [6.07, 6.45) is 6.20. The number of carbonyl (C=O) groups excluding carboxylic acids is 1. The van der Waals surface area contributed by atoms with Gasteiger partial charge in [0.15, 0.2) is 0 Å². The van der Waals surface area contributed by atoms with Gasteiger partial charge in [0.05, 0.1) is 12.2 Å². The van der Waals surface area contributed by atoms with Gasteiger partial charge < -0.3 is 19.9 Å². The van der Waals surface area contributed by atoms with E-state index in [1.165, 1.54) is 0 Å². The predicted octanol–water partition coefficient (Wildman–Crippen LogP) is 0.880. The fourth-order valence-corrected chi connectivity index (χ4v) is 3.66. The number of carbonyl (C=O) groups is 1. The molecule has 2 amide bonds. The van der Waals surface area contributed by atoms with Crippen LogP contribution in [0.5, 0.6) is 0 Å². The molecule has 27 heavy (non-hydrogen) atoms. The minimum absolute atomic E-state index is 0.0238. The summed E-state index contributed by atoms with van der Waals surface area (Å²) in [6, 6.07) is 1.86. The van der Waals surface area contributed by atoms with Gasteiger partial charge in [-0.15, -0.1) is 0 Å². The highest BCUT2D eigenvalue weighted by Gasteiger charge is 2.33. The molecule has 0 saturated carbocycles. The molecule has 2 aliphatic rings. The Hall–Kier alpha value is -2.68. The summed E-state index contributed by atoms with van der Waals surface area (Å²) in [5.74, 6) is 1.68. The first-order valence-corrected chi connectivity index (χ1v) is 9.30. The second-order valence-electron chi connectivity index (χ2n) is 7.02. The number of amides is 2. The van der Waals surface area contributed by atoms with Crippen LogP contribution in [0.2, 0.25) is 0 Å². The van der Waals surface area contributed by atoms with Crippen LogP contribution in [0.3, 0.4) is 0 Å². The minimum atomic E-state index is -0.132. The third kappa shape index (κ3) is 3.87. The number of aromatic nitrogens is 4. The molecule has 2 aromatic rings. The molecule has 2 fully saturated rings. The standard InChI is InChI=1S/C18H25N7O2/c1-13-19-5-3-16(21-13)24-6-8-25(9-7-24)18(26)22-15-4-10-27-17(15)14-11-20-23(2)12-14/h3,5,11-12,15,17H,4,6-10H2,1-2H3,(H,22,26)/t15-,17+/m1/s1. The Morgan fingerprint density at radius 2 is 2.11 bits per heavy atom. The van der Waals surface area contributed by atoms with E-state index in [2.05, 4.69) is 25.3 Å². The van der Waals surface area contributed by atoms with Gasteiger partial charge in [-0.1, -0.05) is 0 Å². The quantitative estimate of drug-likeness (QED) is 0.862. The zero-order valence-electron chi connectivity index (χ0n) is 15.7. The molecule has 2 aliphatic heterocycles. The van der Waals surface area contributed by atoms with Gasteiger partial charge in [-0.2, -0.15) is 5.10 Å². The van der Waals surface area contributed by atoms with E-state index >= 15 is 0 Å². The van der Waals surface area contributed by atoms with Crippen LogP contribution >= 0.6 is 0 Å². The zero-order chi connectivity index (χ0) is 18.8. The minimum Gasteiger partial charge on any atom is -0.371 e. The predicted molar refractivity (Wildman–Crippen MR) is 99.4 cm³/mol. The van der Waals surface area contributed by atoms with Crippen molar-refractivity contribution < 1.29 is 9.53 Å². The van der Waals surface area contributed by atoms with Crippen molar-refractivity contribution in [1.82, 2.24) is 30.0 Å². The zero-order valence-corrected chi connectivity index (χ0v) is 15.7. The number of hydrogen-bond donors (Lipinski definition) is 1. The number of hydrogen-bond acceptors (Lipinski definition) is 6. The maximum atomic E-state index is 12.7. The van der Waals surface area contributed by atoms with Crippen molar-refractivity contribution in [1.29, 1.82) is 0 Å². The number of nitrogens with zero attached hydrogens (tertiary/aromatic N) is 6. The Bertz CT molecular complexity index is 801. The van der Waals surface area contributed by atoms with Gasteiger partial charge in [0.2, 0.25) is 0 Å². The largest absolute Gasteiger partial charge is 0.371 e. The summed E-state index contributed by atoms with van der Waals surface area (Å²) < 4.78 is 7.58. The van der Waals surface area contributed by atoms with Crippen LogP contribution < -0.4 is 10.2 Å². The maximum Gasteiger partial charge on any atom is 0.317 e. The first-order valence-electron chi connectivity index (χ1n) is 9.30. The van der Waals surface area contributed by atoms with Crippen LogP contribution in [0.25, 0.3) is 0 Å². The SMILES string of the molecule is Cc1nccc(N2CCN(C(=O)N[C@@H]3CCO[C@H]3c3cnn(C)c3)CC2)n1. The first-order chi connectivity index (χ1) is 13.1. The number of ether oxygens (including phenoxy) is 1. The van der Waals surface area contributed by atoms with Crippen LogP contribution in [-0.2, 0) is 11.8 Å². The number of aryl methyl sites for hydroxylation is 2. The van der Waals surface area contributed by atoms with Crippen molar-refractivity contribution >= 4 is 11.8 Å².